The van der Waals surface area contributed by atoms with E-state index >= 15 is 0 Å². The van der Waals surface area contributed by atoms with Crippen LogP contribution in [0.1, 0.15) is 47.2 Å². The van der Waals surface area contributed by atoms with Crippen molar-refractivity contribution in [2.45, 2.75) is 38.6 Å². The number of nitrogens with zero attached hydrogens (tertiary/aromatic N) is 2. The Bertz CT molecular complexity index is 1260. The number of ether oxygens (including phenoxy) is 1. The van der Waals surface area contributed by atoms with E-state index in [2.05, 4.69) is 0 Å². The summed E-state index contributed by atoms with van der Waals surface area (Å²) in [5.74, 6) is -0.194. The summed E-state index contributed by atoms with van der Waals surface area (Å²) in [5.41, 5.74) is 8.43. The molecule has 0 fully saturated rings. The van der Waals surface area contributed by atoms with Gasteiger partial charge in [0, 0.05) is 6.54 Å². The quantitative estimate of drug-likeness (QED) is 0.341. The first-order chi connectivity index (χ1) is 18.4. The summed E-state index contributed by atoms with van der Waals surface area (Å²) < 4.78 is 5.87. The third-order valence-corrected chi connectivity index (χ3v) is 6.50. The number of hydrogen-bond acceptors (Lipinski definition) is 5. The second kappa shape index (κ2) is 12.9. The normalized spacial score (nSPS) is 13.3. The molecular weight excluding hydrogens is 482 g/mol. The molecule has 2 amide bonds. The van der Waals surface area contributed by atoms with Crippen molar-refractivity contribution in [1.82, 2.24) is 4.90 Å². The van der Waals surface area contributed by atoms with Gasteiger partial charge in [-0.2, -0.15) is 0 Å². The topological polar surface area (TPSA) is 113 Å². The summed E-state index contributed by atoms with van der Waals surface area (Å²) in [6, 6.07) is 22.6. The number of rotatable bonds is 12. The lowest BCUT2D eigenvalue weighted by molar-refractivity contribution is -0.137. The first-order valence-electron chi connectivity index (χ1n) is 12.9. The van der Waals surface area contributed by atoms with Crippen LogP contribution in [0.3, 0.4) is 0 Å². The molecule has 0 aromatic heterocycles. The molecule has 0 radical (unpaired) electrons. The molecule has 3 N–H and O–H groups in total. The lowest BCUT2D eigenvalue weighted by Gasteiger charge is -2.23. The van der Waals surface area contributed by atoms with Gasteiger partial charge in [0.2, 0.25) is 5.91 Å². The van der Waals surface area contributed by atoms with Crippen LogP contribution in [0, 0.1) is 0 Å². The minimum Gasteiger partial charge on any atom is -0.481 e. The summed E-state index contributed by atoms with van der Waals surface area (Å²) in [6.45, 7) is 0.715. The number of carboxylic acid groups (broad SMARTS) is 1. The summed E-state index contributed by atoms with van der Waals surface area (Å²) in [5, 5.41) is 9.16. The van der Waals surface area contributed by atoms with Crippen LogP contribution < -0.4 is 15.4 Å². The minimum atomic E-state index is -1.02. The maximum Gasteiger partial charge on any atom is 0.305 e. The van der Waals surface area contributed by atoms with Gasteiger partial charge in [0.15, 0.2) is 0 Å². The Kier molecular flexibility index (Phi) is 9.11. The highest BCUT2D eigenvalue weighted by Gasteiger charge is 2.32. The molecule has 0 atom stereocenters. The molecule has 38 heavy (non-hydrogen) atoms. The summed E-state index contributed by atoms with van der Waals surface area (Å²) in [7, 11) is 0. The maximum absolute atomic E-state index is 13.5. The average molecular weight is 516 g/mol. The number of aryl methyl sites for hydroxylation is 1. The molecule has 8 nitrogen and oxygen atoms in total. The highest BCUT2D eigenvalue weighted by molar-refractivity contribution is 6.09. The Morgan fingerprint density at radius 1 is 0.895 bits per heavy atom. The van der Waals surface area contributed by atoms with Crippen molar-refractivity contribution in [3.05, 3.63) is 89.5 Å². The van der Waals surface area contributed by atoms with E-state index < -0.39 is 5.97 Å². The number of carbonyl (C=O) groups is 3. The molecule has 0 saturated carbocycles. The predicted molar refractivity (Wildman–Crippen MR) is 145 cm³/mol. The Morgan fingerprint density at radius 3 is 2.32 bits per heavy atom. The van der Waals surface area contributed by atoms with Crippen molar-refractivity contribution in [3.8, 4) is 11.5 Å². The highest BCUT2D eigenvalue weighted by Crippen LogP contribution is 2.30. The van der Waals surface area contributed by atoms with Crippen LogP contribution in [0.4, 0.5) is 5.69 Å². The van der Waals surface area contributed by atoms with E-state index in [-0.39, 0.29) is 37.9 Å². The van der Waals surface area contributed by atoms with Crippen molar-refractivity contribution in [2.24, 2.45) is 5.73 Å². The number of aliphatic carboxylic acids is 1. The van der Waals surface area contributed by atoms with Gasteiger partial charge in [0.05, 0.1) is 24.2 Å². The number of fused-ring (bicyclic) bond motifs is 1. The minimum absolute atomic E-state index is 0.0283. The van der Waals surface area contributed by atoms with Crippen LogP contribution in [-0.4, -0.2) is 47.4 Å². The average Bonchev–Trinajstić information content (AvgIpc) is 3.01. The summed E-state index contributed by atoms with van der Waals surface area (Å²) in [6.07, 6.45) is 3.47. The standard InChI is InChI=1S/C30H33N3O5/c31-17-6-2-3-7-22-12-15-27-26(19-22)30(37)32(18-16-29(35)36)21-28(34)33(27)20-23-10-13-25(14-11-23)38-24-8-4-1-5-9-24/h1,4-5,8-15,19H,2-3,6-7,16-18,20-21,31H2,(H,35,36). The molecule has 198 valence electrons. The smallest absolute Gasteiger partial charge is 0.305 e. The number of anilines is 1. The van der Waals surface area contributed by atoms with Crippen LogP contribution in [0.25, 0.3) is 0 Å². The fourth-order valence-corrected chi connectivity index (χ4v) is 4.48. The van der Waals surface area contributed by atoms with Crippen LogP contribution in [0.5, 0.6) is 11.5 Å². The van der Waals surface area contributed by atoms with Crippen LogP contribution in [-0.2, 0) is 22.6 Å². The van der Waals surface area contributed by atoms with Gasteiger partial charge < -0.3 is 25.4 Å². The highest BCUT2D eigenvalue weighted by atomic mass is 16.5. The number of carboxylic acids is 1. The van der Waals surface area contributed by atoms with E-state index in [0.29, 0.717) is 23.5 Å². The molecule has 1 aliphatic heterocycles. The lowest BCUT2D eigenvalue weighted by atomic mass is 10.0. The first-order valence-corrected chi connectivity index (χ1v) is 12.9. The molecule has 4 rings (SSSR count). The van der Waals surface area contributed by atoms with Gasteiger partial charge in [-0.3, -0.25) is 14.4 Å². The van der Waals surface area contributed by atoms with E-state index in [4.69, 9.17) is 15.6 Å². The van der Waals surface area contributed by atoms with Crippen molar-refractivity contribution >= 4 is 23.5 Å². The largest absolute Gasteiger partial charge is 0.481 e. The number of hydrogen-bond donors (Lipinski definition) is 2. The number of amides is 2. The Balaban J connectivity index is 1.57. The second-order valence-corrected chi connectivity index (χ2v) is 9.36. The third kappa shape index (κ3) is 6.98. The summed E-state index contributed by atoms with van der Waals surface area (Å²) in [4.78, 5) is 41.0. The number of benzene rings is 3. The second-order valence-electron chi connectivity index (χ2n) is 9.36. The lowest BCUT2D eigenvalue weighted by Crippen LogP contribution is -2.40. The van der Waals surface area contributed by atoms with Gasteiger partial charge in [-0.05, 0) is 73.3 Å². The van der Waals surface area contributed by atoms with Gasteiger partial charge in [-0.15, -0.1) is 0 Å². The van der Waals surface area contributed by atoms with E-state index in [1.165, 1.54) is 4.90 Å². The molecule has 0 bridgehead atoms. The van der Waals surface area contributed by atoms with Gasteiger partial charge in [0.25, 0.3) is 5.91 Å². The van der Waals surface area contributed by atoms with Crippen molar-refractivity contribution in [2.75, 3.05) is 24.5 Å². The van der Waals surface area contributed by atoms with E-state index in [9.17, 15) is 14.4 Å². The van der Waals surface area contributed by atoms with Gasteiger partial charge in [0.1, 0.15) is 18.0 Å². The third-order valence-electron chi connectivity index (χ3n) is 6.50. The molecule has 8 heteroatoms. The number of unbranched alkanes of at least 4 members (excludes halogenated alkanes) is 2. The van der Waals surface area contributed by atoms with E-state index in [1.54, 1.807) is 4.90 Å². The van der Waals surface area contributed by atoms with Crippen molar-refractivity contribution in [3.63, 3.8) is 0 Å². The Morgan fingerprint density at radius 2 is 1.61 bits per heavy atom. The fraction of sp³-hybridized carbons (Fsp3) is 0.300. The molecule has 1 heterocycles. The predicted octanol–water partition coefficient (Wildman–Crippen LogP) is 4.61. The van der Waals surface area contributed by atoms with Crippen molar-refractivity contribution < 1.29 is 24.2 Å². The zero-order valence-corrected chi connectivity index (χ0v) is 21.3. The molecule has 0 spiro atoms. The molecule has 0 saturated heterocycles. The Labute approximate surface area is 222 Å². The monoisotopic (exact) mass is 515 g/mol. The molecule has 0 aliphatic carbocycles. The SMILES string of the molecule is NCCCCCc1ccc2c(c1)C(=O)N(CCC(=O)O)CC(=O)N2Cc1ccc(Oc2ccccc2)cc1. The number of para-hydroxylation sites is 1. The van der Waals surface area contributed by atoms with Gasteiger partial charge in [-0.25, -0.2) is 0 Å². The molecule has 3 aromatic rings. The molecule has 1 aliphatic rings. The molecule has 3 aromatic carbocycles. The van der Waals surface area contributed by atoms with E-state index in [1.807, 2.05) is 72.8 Å². The van der Waals surface area contributed by atoms with Crippen molar-refractivity contribution in [1.29, 1.82) is 0 Å². The Hall–Kier alpha value is -4.17. The van der Waals surface area contributed by atoms with Crippen LogP contribution >= 0.6 is 0 Å². The molecular formula is C30H33N3O5. The van der Waals surface area contributed by atoms with Gasteiger partial charge in [-0.1, -0.05) is 42.8 Å². The maximum atomic E-state index is 13.5. The first kappa shape index (κ1) is 26.9. The van der Waals surface area contributed by atoms with E-state index in [0.717, 1.165) is 42.6 Å². The number of nitrogens with two attached hydrogens (primary N) is 1. The van der Waals surface area contributed by atoms with Crippen LogP contribution in [0.2, 0.25) is 0 Å². The number of carbonyl (C=O) groups excluding carboxylic acids is 2. The zero-order valence-electron chi connectivity index (χ0n) is 21.3. The fourth-order valence-electron chi connectivity index (χ4n) is 4.48. The summed E-state index contributed by atoms with van der Waals surface area (Å²) >= 11 is 0. The van der Waals surface area contributed by atoms with Gasteiger partial charge >= 0.3 is 5.97 Å². The molecule has 0 unspecified atom stereocenters. The zero-order chi connectivity index (χ0) is 26.9. The van der Waals surface area contributed by atoms with Crippen LogP contribution in [0.15, 0.2) is 72.8 Å².